The van der Waals surface area contributed by atoms with Gasteiger partial charge in [0.2, 0.25) is 0 Å². The predicted molar refractivity (Wildman–Crippen MR) is 67.5 cm³/mol. The number of rotatable bonds is 4. The maximum absolute atomic E-state index is 3.56. The molecule has 0 heterocycles. The zero-order valence-electron chi connectivity index (χ0n) is 9.17. The topological polar surface area (TPSA) is 15.3 Å². The molecule has 1 N–H and O–H groups in total. The third-order valence-corrected chi connectivity index (χ3v) is 0.994. The molecule has 84 valence electrons. The molecule has 0 aromatic carbocycles. The fourth-order valence-corrected chi connectivity index (χ4v) is 0.508. The molecular weight excluding hydrogens is 207 g/mol. The summed E-state index contributed by atoms with van der Waals surface area (Å²) in [5.41, 5.74) is 0. The van der Waals surface area contributed by atoms with Gasteiger partial charge in [-0.2, -0.15) is 0 Å². The van der Waals surface area contributed by atoms with E-state index in [1.165, 1.54) is 0 Å². The lowest BCUT2D eigenvalue weighted by Crippen LogP contribution is -2.09. The lowest BCUT2D eigenvalue weighted by molar-refractivity contribution is 0.457. The van der Waals surface area contributed by atoms with E-state index in [1.54, 1.807) is 0 Å². The van der Waals surface area contributed by atoms with Crippen LogP contribution in [0.4, 0.5) is 0 Å². The monoisotopic (exact) mass is 230 g/mol. The summed E-state index contributed by atoms with van der Waals surface area (Å²) < 4.78 is 0. The minimum absolute atomic E-state index is 0. The van der Waals surface area contributed by atoms with Crippen LogP contribution in [-0.2, 0) is 0 Å². The highest BCUT2D eigenvalue weighted by Gasteiger charge is 1.75. The summed E-state index contributed by atoms with van der Waals surface area (Å²) in [5.74, 6) is 0. The van der Waals surface area contributed by atoms with Crippen LogP contribution in [0.25, 0.3) is 0 Å². The first-order chi connectivity index (χ1) is 5.18. The van der Waals surface area contributed by atoms with Crippen LogP contribution < -0.4 is 5.32 Å². The van der Waals surface area contributed by atoms with Gasteiger partial charge in [-0.1, -0.05) is 19.9 Å². The molecule has 0 atom stereocenters. The quantitative estimate of drug-likeness (QED) is 0.746. The van der Waals surface area contributed by atoms with Crippen molar-refractivity contribution in [2.24, 2.45) is 0 Å². The summed E-state index contributed by atoms with van der Waals surface area (Å²) in [6.45, 7) is 10.9. The summed E-state index contributed by atoms with van der Waals surface area (Å²) in [5, 5.41) is 3.11. The van der Waals surface area contributed by atoms with Gasteiger partial charge in [0.05, 0.1) is 0 Å². The molecule has 0 saturated carbocycles. The summed E-state index contributed by atoms with van der Waals surface area (Å²) >= 11 is 0. The van der Waals surface area contributed by atoms with Crippen molar-refractivity contribution in [3.05, 3.63) is 12.7 Å². The fourth-order valence-electron chi connectivity index (χ4n) is 0.508. The van der Waals surface area contributed by atoms with Crippen LogP contribution in [0.2, 0.25) is 0 Å². The molecule has 0 aliphatic heterocycles. The van der Waals surface area contributed by atoms with Gasteiger partial charge in [-0.15, -0.1) is 31.4 Å². The number of nitrogens with zero attached hydrogens (tertiary/aromatic N) is 1. The maximum Gasteiger partial charge on any atom is 0.0154 e. The van der Waals surface area contributed by atoms with Crippen molar-refractivity contribution in [2.45, 2.75) is 13.8 Å². The molecule has 0 amide bonds. The minimum atomic E-state index is 0. The predicted octanol–water partition coefficient (Wildman–Crippen LogP) is 2.19. The number of halogens is 2. The van der Waals surface area contributed by atoms with Crippen LogP contribution in [0.5, 0.6) is 0 Å². The third kappa shape index (κ3) is 46.7. The van der Waals surface area contributed by atoms with Gasteiger partial charge in [0.1, 0.15) is 0 Å². The van der Waals surface area contributed by atoms with Crippen LogP contribution in [0.3, 0.4) is 0 Å². The molecular formula is C9H24Cl2N2. The van der Waals surface area contributed by atoms with E-state index in [9.17, 15) is 0 Å². The standard InChI is InChI=1S/C5H11N.C4H11N.2ClH/c1-4-5-6(2)3;1-3-5-4-2;;/h4H,1,5H2,2-3H3;5H,3-4H2,1-2H3;2*1H. The summed E-state index contributed by atoms with van der Waals surface area (Å²) in [7, 11) is 4.03. The van der Waals surface area contributed by atoms with Gasteiger partial charge in [0, 0.05) is 6.54 Å². The zero-order chi connectivity index (χ0) is 9.11. The van der Waals surface area contributed by atoms with Crippen LogP contribution >= 0.6 is 24.8 Å². The molecule has 13 heavy (non-hydrogen) atoms. The molecule has 0 spiro atoms. The first-order valence-corrected chi connectivity index (χ1v) is 4.15. The number of hydrogen-bond acceptors (Lipinski definition) is 2. The van der Waals surface area contributed by atoms with E-state index in [-0.39, 0.29) is 24.8 Å². The number of likely N-dealkylation sites (N-methyl/N-ethyl adjacent to an activating group) is 1. The van der Waals surface area contributed by atoms with Gasteiger partial charge >= 0.3 is 0 Å². The Balaban J connectivity index is -0.0000000546. The lowest BCUT2D eigenvalue weighted by atomic mass is 10.6. The molecule has 0 fully saturated rings. The lowest BCUT2D eigenvalue weighted by Gasteiger charge is -2.01. The van der Waals surface area contributed by atoms with E-state index in [2.05, 4.69) is 30.6 Å². The van der Waals surface area contributed by atoms with Crippen molar-refractivity contribution < 1.29 is 0 Å². The Morgan fingerprint density at radius 1 is 1.15 bits per heavy atom. The summed E-state index contributed by atoms with van der Waals surface area (Å²) in [4.78, 5) is 2.06. The molecule has 0 rings (SSSR count). The fraction of sp³-hybridized carbons (Fsp3) is 0.778. The van der Waals surface area contributed by atoms with Crippen molar-refractivity contribution in [3.63, 3.8) is 0 Å². The van der Waals surface area contributed by atoms with Crippen LogP contribution in [0.15, 0.2) is 12.7 Å². The van der Waals surface area contributed by atoms with Crippen molar-refractivity contribution in [1.82, 2.24) is 10.2 Å². The van der Waals surface area contributed by atoms with Gasteiger partial charge in [0.15, 0.2) is 0 Å². The second-order valence-electron chi connectivity index (χ2n) is 2.51. The molecule has 0 aliphatic rings. The average Bonchev–Trinajstić information content (AvgIpc) is 1.90. The first-order valence-electron chi connectivity index (χ1n) is 4.15. The Morgan fingerprint density at radius 3 is 1.54 bits per heavy atom. The molecule has 0 unspecified atom stereocenters. The highest BCUT2D eigenvalue weighted by molar-refractivity contribution is 5.85. The summed E-state index contributed by atoms with van der Waals surface area (Å²) in [6, 6.07) is 0. The second kappa shape index (κ2) is 22.8. The molecule has 0 aromatic rings. The van der Waals surface area contributed by atoms with E-state index in [4.69, 9.17) is 0 Å². The second-order valence-corrected chi connectivity index (χ2v) is 2.51. The van der Waals surface area contributed by atoms with Crippen LogP contribution in [0.1, 0.15) is 13.8 Å². The largest absolute Gasteiger partial charge is 0.317 e. The van der Waals surface area contributed by atoms with Gasteiger partial charge in [-0.05, 0) is 27.2 Å². The maximum atomic E-state index is 3.56. The molecule has 0 aromatic heterocycles. The molecule has 2 nitrogen and oxygen atoms in total. The van der Waals surface area contributed by atoms with E-state index in [1.807, 2.05) is 20.2 Å². The first kappa shape index (κ1) is 23.2. The molecule has 0 saturated heterocycles. The Morgan fingerprint density at radius 2 is 1.54 bits per heavy atom. The molecule has 0 aliphatic carbocycles. The van der Waals surface area contributed by atoms with Crippen LogP contribution in [-0.4, -0.2) is 38.6 Å². The van der Waals surface area contributed by atoms with Crippen molar-refractivity contribution >= 4 is 24.8 Å². The summed E-state index contributed by atoms with van der Waals surface area (Å²) in [6.07, 6.45) is 1.88. The minimum Gasteiger partial charge on any atom is -0.317 e. The average molecular weight is 231 g/mol. The molecule has 0 radical (unpaired) electrons. The third-order valence-electron chi connectivity index (χ3n) is 0.994. The highest BCUT2D eigenvalue weighted by atomic mass is 35.5. The highest BCUT2D eigenvalue weighted by Crippen LogP contribution is 1.69. The van der Waals surface area contributed by atoms with E-state index in [0.29, 0.717) is 0 Å². The smallest absolute Gasteiger partial charge is 0.0154 e. The number of nitrogens with one attached hydrogen (secondary N) is 1. The Labute approximate surface area is 95.6 Å². The van der Waals surface area contributed by atoms with Crippen molar-refractivity contribution in [3.8, 4) is 0 Å². The zero-order valence-corrected chi connectivity index (χ0v) is 10.8. The van der Waals surface area contributed by atoms with E-state index in [0.717, 1.165) is 19.6 Å². The number of hydrogen-bond donors (Lipinski definition) is 1. The van der Waals surface area contributed by atoms with E-state index < -0.39 is 0 Å². The molecule has 0 bridgehead atoms. The van der Waals surface area contributed by atoms with Crippen LogP contribution in [0, 0.1) is 0 Å². The van der Waals surface area contributed by atoms with Crippen molar-refractivity contribution in [1.29, 1.82) is 0 Å². The van der Waals surface area contributed by atoms with Gasteiger partial charge in [0.25, 0.3) is 0 Å². The Hall–Kier alpha value is 0.240. The van der Waals surface area contributed by atoms with Crippen molar-refractivity contribution in [2.75, 3.05) is 33.7 Å². The SMILES string of the molecule is C=CCN(C)C.CCNCC.Cl.Cl. The Kier molecular flexibility index (Phi) is 40.7. The Bertz CT molecular complexity index is 76.0. The van der Waals surface area contributed by atoms with Gasteiger partial charge < -0.3 is 10.2 Å². The van der Waals surface area contributed by atoms with E-state index >= 15 is 0 Å². The normalized spacial score (nSPS) is 7.46. The van der Waals surface area contributed by atoms with Gasteiger partial charge in [-0.25, -0.2) is 0 Å². The van der Waals surface area contributed by atoms with Gasteiger partial charge in [-0.3, -0.25) is 0 Å². The molecule has 4 heteroatoms.